The number of alkyl halides is 3. The molecule has 0 unspecified atom stereocenters. The highest BCUT2D eigenvalue weighted by Crippen LogP contribution is 2.27. The summed E-state index contributed by atoms with van der Waals surface area (Å²) in [5, 5.41) is 2.48. The molecule has 0 aliphatic heterocycles. The maximum Gasteiger partial charge on any atom is 0.573 e. The van der Waals surface area contributed by atoms with Gasteiger partial charge in [-0.25, -0.2) is 8.42 Å². The summed E-state index contributed by atoms with van der Waals surface area (Å²) in [5.74, 6) is -0.674. The molecule has 3 aromatic carbocycles. The molecule has 0 radical (unpaired) electrons. The quantitative estimate of drug-likeness (QED) is 0.489. The molecule has 0 saturated carbocycles. The first-order valence-corrected chi connectivity index (χ1v) is 11.3. The molecule has 1 N–H and O–H groups in total. The van der Waals surface area contributed by atoms with Gasteiger partial charge in [-0.15, -0.1) is 13.2 Å². The van der Waals surface area contributed by atoms with E-state index in [1.165, 1.54) is 43.5 Å². The molecule has 3 rings (SSSR count). The summed E-state index contributed by atoms with van der Waals surface area (Å²) in [4.78, 5) is 12.7. The topological polar surface area (TPSA) is 84.9 Å². The van der Waals surface area contributed by atoms with Gasteiger partial charge in [-0.05, 0) is 67.6 Å². The van der Waals surface area contributed by atoms with Crippen molar-refractivity contribution in [3.8, 4) is 11.5 Å². The molecule has 0 fully saturated rings. The SMILES string of the molecule is COc1ccc(S(=O)(=O)N(CC(=O)Nc2ccc(OC(F)(F)F)cc2)c2ccc(C)cc2)cc1. The minimum absolute atomic E-state index is 0.0460. The van der Waals surface area contributed by atoms with Crippen molar-refractivity contribution in [1.82, 2.24) is 0 Å². The number of rotatable bonds is 8. The third-order valence-electron chi connectivity index (χ3n) is 4.63. The van der Waals surface area contributed by atoms with Crippen molar-refractivity contribution < 1.29 is 35.9 Å². The number of methoxy groups -OCH3 is 1. The lowest BCUT2D eigenvalue weighted by atomic mass is 10.2. The van der Waals surface area contributed by atoms with Gasteiger partial charge in [-0.1, -0.05) is 17.7 Å². The second-order valence-electron chi connectivity index (χ2n) is 7.14. The van der Waals surface area contributed by atoms with Crippen molar-refractivity contribution >= 4 is 27.3 Å². The van der Waals surface area contributed by atoms with Crippen LogP contribution in [-0.2, 0) is 14.8 Å². The Morgan fingerprint density at radius 2 is 1.47 bits per heavy atom. The Morgan fingerprint density at radius 3 is 2.00 bits per heavy atom. The van der Waals surface area contributed by atoms with E-state index < -0.39 is 34.6 Å². The number of anilines is 2. The van der Waals surface area contributed by atoms with Gasteiger partial charge in [-0.2, -0.15) is 0 Å². The monoisotopic (exact) mass is 494 g/mol. The van der Waals surface area contributed by atoms with Gasteiger partial charge in [0, 0.05) is 5.69 Å². The number of hydrogen-bond acceptors (Lipinski definition) is 5. The lowest BCUT2D eigenvalue weighted by Crippen LogP contribution is -2.38. The summed E-state index contributed by atoms with van der Waals surface area (Å²) in [5.41, 5.74) is 1.34. The summed E-state index contributed by atoms with van der Waals surface area (Å²) >= 11 is 0. The van der Waals surface area contributed by atoms with Gasteiger partial charge in [0.25, 0.3) is 10.0 Å². The summed E-state index contributed by atoms with van der Waals surface area (Å²) < 4.78 is 73.5. The van der Waals surface area contributed by atoms with E-state index in [4.69, 9.17) is 4.74 Å². The standard InChI is InChI=1S/C23H21F3N2O5S/c1-16-3-7-18(8-4-16)28(34(30,31)21-13-11-19(32-2)12-14-21)15-22(29)27-17-5-9-20(10-6-17)33-23(24,25)26/h3-14H,15H2,1-2H3,(H,27,29). The minimum atomic E-state index is -4.84. The van der Waals surface area contributed by atoms with Gasteiger partial charge in [0.15, 0.2) is 0 Å². The van der Waals surface area contributed by atoms with Crippen LogP contribution < -0.4 is 19.1 Å². The largest absolute Gasteiger partial charge is 0.573 e. The van der Waals surface area contributed by atoms with E-state index in [9.17, 15) is 26.4 Å². The molecule has 1 amide bonds. The summed E-state index contributed by atoms with van der Waals surface area (Å²) in [6.45, 7) is 1.27. The molecule has 0 saturated heterocycles. The number of nitrogens with one attached hydrogen (secondary N) is 1. The van der Waals surface area contributed by atoms with Crippen molar-refractivity contribution in [3.63, 3.8) is 0 Å². The Bertz CT molecular complexity index is 1230. The fourth-order valence-corrected chi connectivity index (χ4v) is 4.39. The van der Waals surface area contributed by atoms with Crippen molar-refractivity contribution in [1.29, 1.82) is 0 Å². The molecule has 34 heavy (non-hydrogen) atoms. The molecular formula is C23H21F3N2O5S. The highest BCUT2D eigenvalue weighted by molar-refractivity contribution is 7.92. The van der Waals surface area contributed by atoms with Crippen LogP contribution in [0.1, 0.15) is 5.56 Å². The van der Waals surface area contributed by atoms with Crippen LogP contribution in [0.5, 0.6) is 11.5 Å². The lowest BCUT2D eigenvalue weighted by Gasteiger charge is -2.24. The number of aryl methyl sites for hydroxylation is 1. The van der Waals surface area contributed by atoms with Crippen LogP contribution in [0.25, 0.3) is 0 Å². The van der Waals surface area contributed by atoms with Gasteiger partial charge >= 0.3 is 6.36 Å². The Kier molecular flexibility index (Phi) is 7.35. The first-order chi connectivity index (χ1) is 16.0. The zero-order valence-electron chi connectivity index (χ0n) is 18.2. The Morgan fingerprint density at radius 1 is 0.912 bits per heavy atom. The highest BCUT2D eigenvalue weighted by Gasteiger charge is 2.31. The van der Waals surface area contributed by atoms with Crippen LogP contribution in [0.2, 0.25) is 0 Å². The third-order valence-corrected chi connectivity index (χ3v) is 6.42. The molecule has 7 nitrogen and oxygen atoms in total. The molecule has 3 aromatic rings. The van der Waals surface area contributed by atoms with Crippen molar-refractivity contribution in [2.75, 3.05) is 23.3 Å². The van der Waals surface area contributed by atoms with Gasteiger partial charge in [-0.3, -0.25) is 9.10 Å². The number of halogens is 3. The number of carbonyl (C=O) groups is 1. The third kappa shape index (κ3) is 6.41. The van der Waals surface area contributed by atoms with Crippen LogP contribution in [0.4, 0.5) is 24.5 Å². The predicted molar refractivity (Wildman–Crippen MR) is 120 cm³/mol. The summed E-state index contributed by atoms with van der Waals surface area (Å²) in [7, 11) is -2.68. The molecule has 0 heterocycles. The average molecular weight is 494 g/mol. The minimum Gasteiger partial charge on any atom is -0.497 e. The van der Waals surface area contributed by atoms with Crippen LogP contribution in [-0.4, -0.2) is 34.3 Å². The Balaban J connectivity index is 1.84. The molecule has 0 aliphatic rings. The molecule has 0 spiro atoms. The number of hydrogen-bond donors (Lipinski definition) is 1. The second kappa shape index (κ2) is 10.0. The zero-order chi connectivity index (χ0) is 24.9. The molecule has 0 bridgehead atoms. The van der Waals surface area contributed by atoms with Gasteiger partial charge < -0.3 is 14.8 Å². The van der Waals surface area contributed by atoms with Gasteiger partial charge in [0.05, 0.1) is 17.7 Å². The number of benzene rings is 3. The number of sulfonamides is 1. The molecular weight excluding hydrogens is 473 g/mol. The first-order valence-electron chi connectivity index (χ1n) is 9.87. The molecule has 0 aliphatic carbocycles. The number of amides is 1. The van der Waals surface area contributed by atoms with E-state index in [-0.39, 0.29) is 16.3 Å². The Hall–Kier alpha value is -3.73. The molecule has 0 atom stereocenters. The predicted octanol–water partition coefficient (Wildman–Crippen LogP) is 4.74. The average Bonchev–Trinajstić information content (AvgIpc) is 2.78. The lowest BCUT2D eigenvalue weighted by molar-refractivity contribution is -0.274. The van der Waals surface area contributed by atoms with Gasteiger partial charge in [0.2, 0.25) is 5.91 Å². The normalized spacial score (nSPS) is 11.6. The number of ether oxygens (including phenoxy) is 2. The van der Waals surface area contributed by atoms with Crippen molar-refractivity contribution in [2.24, 2.45) is 0 Å². The molecule has 180 valence electrons. The van der Waals surface area contributed by atoms with E-state index in [0.717, 1.165) is 22.0 Å². The fourth-order valence-electron chi connectivity index (χ4n) is 2.97. The highest BCUT2D eigenvalue weighted by atomic mass is 32.2. The van der Waals surface area contributed by atoms with Crippen molar-refractivity contribution in [2.45, 2.75) is 18.2 Å². The van der Waals surface area contributed by atoms with Crippen LogP contribution in [0.3, 0.4) is 0 Å². The maximum absolute atomic E-state index is 13.4. The van der Waals surface area contributed by atoms with E-state index >= 15 is 0 Å². The van der Waals surface area contributed by atoms with Crippen molar-refractivity contribution in [3.05, 3.63) is 78.4 Å². The Labute approximate surface area is 194 Å². The van der Waals surface area contributed by atoms with Gasteiger partial charge in [0.1, 0.15) is 18.0 Å². The summed E-state index contributed by atoms with van der Waals surface area (Å²) in [6.07, 6.45) is -4.84. The van der Waals surface area contributed by atoms with Crippen LogP contribution in [0, 0.1) is 6.92 Å². The van der Waals surface area contributed by atoms with Crippen LogP contribution in [0.15, 0.2) is 77.7 Å². The smallest absolute Gasteiger partial charge is 0.497 e. The van der Waals surface area contributed by atoms with E-state index in [0.29, 0.717) is 5.75 Å². The molecule has 11 heteroatoms. The first kappa shape index (κ1) is 24.9. The molecule has 0 aromatic heterocycles. The van der Waals surface area contributed by atoms with Crippen LogP contribution >= 0.6 is 0 Å². The number of nitrogens with zero attached hydrogens (tertiary/aromatic N) is 1. The van der Waals surface area contributed by atoms with E-state index in [1.54, 1.807) is 24.3 Å². The fraction of sp³-hybridized carbons (Fsp3) is 0.174. The van der Waals surface area contributed by atoms with E-state index in [1.807, 2.05) is 6.92 Å². The van der Waals surface area contributed by atoms with E-state index in [2.05, 4.69) is 10.1 Å². The second-order valence-corrected chi connectivity index (χ2v) is 9.01. The maximum atomic E-state index is 13.4. The number of carbonyl (C=O) groups excluding carboxylic acids is 1. The zero-order valence-corrected chi connectivity index (χ0v) is 19.0. The summed E-state index contributed by atoms with van der Waals surface area (Å²) in [6, 6.07) is 16.8.